The number of para-hydroxylation sites is 2. The lowest BCUT2D eigenvalue weighted by atomic mass is 9.88. The first-order valence-electron chi connectivity index (χ1n) is 16.4. The molecule has 2 amide bonds. The number of amides is 2. The molecule has 6 rings (SSSR count). The Balaban J connectivity index is 1.09. The number of fused-ring (bicyclic) bond motifs is 2. The minimum absolute atomic E-state index is 0.0801. The number of nitrogens with zero attached hydrogens (tertiary/aromatic N) is 1. The van der Waals surface area contributed by atoms with Crippen molar-refractivity contribution in [1.29, 1.82) is 0 Å². The first-order chi connectivity index (χ1) is 23.3. The van der Waals surface area contributed by atoms with E-state index in [0.29, 0.717) is 17.1 Å². The Kier molecular flexibility index (Phi) is 10.7. The fourth-order valence-corrected chi connectivity index (χ4v) is 7.73. The van der Waals surface area contributed by atoms with Crippen LogP contribution >= 0.6 is 11.8 Å². The second-order valence-electron chi connectivity index (χ2n) is 12.1. The van der Waals surface area contributed by atoms with Gasteiger partial charge in [-0.15, -0.1) is 0 Å². The fourth-order valence-electron chi connectivity index (χ4n) is 6.45. The van der Waals surface area contributed by atoms with Crippen molar-refractivity contribution in [3.8, 4) is 11.5 Å². The number of rotatable bonds is 11. The number of halogens is 3. The SMILES string of the molecule is O=C(NC1CCCCN1CCCCc1cccc2c1Sc1ccccc1C2C(=O)NCC(F)(F)F)c1ccccc1Oc1ccccc1. The van der Waals surface area contributed by atoms with Crippen LogP contribution in [0.25, 0.3) is 0 Å². The average Bonchev–Trinajstić information content (AvgIpc) is 3.09. The summed E-state index contributed by atoms with van der Waals surface area (Å²) in [5, 5.41) is 5.36. The molecule has 2 N–H and O–H groups in total. The molecular weight excluding hydrogens is 635 g/mol. The molecule has 250 valence electrons. The van der Waals surface area contributed by atoms with Crippen molar-refractivity contribution >= 4 is 23.6 Å². The highest BCUT2D eigenvalue weighted by Crippen LogP contribution is 2.47. The summed E-state index contributed by atoms with van der Waals surface area (Å²) in [6, 6.07) is 29.9. The van der Waals surface area contributed by atoms with E-state index in [-0.39, 0.29) is 12.1 Å². The number of likely N-dealkylation sites (tertiary alicyclic amines) is 1. The van der Waals surface area contributed by atoms with Crippen LogP contribution < -0.4 is 15.4 Å². The summed E-state index contributed by atoms with van der Waals surface area (Å²) in [4.78, 5) is 30.8. The summed E-state index contributed by atoms with van der Waals surface area (Å²) in [5.74, 6) is -0.443. The second kappa shape index (κ2) is 15.3. The molecule has 2 unspecified atom stereocenters. The van der Waals surface area contributed by atoms with Crippen LogP contribution in [0.15, 0.2) is 107 Å². The molecule has 0 aliphatic carbocycles. The molecule has 2 aliphatic heterocycles. The molecule has 4 aromatic carbocycles. The van der Waals surface area contributed by atoms with Gasteiger partial charge in [-0.25, -0.2) is 0 Å². The third-order valence-corrected chi connectivity index (χ3v) is 10.1. The van der Waals surface area contributed by atoms with Gasteiger partial charge in [0.1, 0.15) is 18.0 Å². The number of hydrogen-bond acceptors (Lipinski definition) is 5. The van der Waals surface area contributed by atoms with Crippen molar-refractivity contribution in [3.05, 3.63) is 119 Å². The first kappa shape index (κ1) is 33.6. The predicted octanol–water partition coefficient (Wildman–Crippen LogP) is 8.32. The third kappa shape index (κ3) is 8.22. The highest BCUT2D eigenvalue weighted by atomic mass is 32.2. The average molecular weight is 674 g/mol. The second-order valence-corrected chi connectivity index (χ2v) is 13.2. The van der Waals surface area contributed by atoms with Crippen molar-refractivity contribution in [2.24, 2.45) is 0 Å². The largest absolute Gasteiger partial charge is 0.457 e. The van der Waals surface area contributed by atoms with Crippen LogP contribution in [-0.2, 0) is 11.2 Å². The van der Waals surface area contributed by atoms with E-state index >= 15 is 0 Å². The number of piperidine rings is 1. The maximum atomic E-state index is 13.5. The van der Waals surface area contributed by atoms with Crippen molar-refractivity contribution in [3.63, 3.8) is 0 Å². The lowest BCUT2D eigenvalue weighted by Gasteiger charge is -2.36. The van der Waals surface area contributed by atoms with Gasteiger partial charge in [0.25, 0.3) is 5.91 Å². The number of alkyl halides is 3. The monoisotopic (exact) mass is 673 g/mol. The van der Waals surface area contributed by atoms with Crippen LogP contribution in [0.5, 0.6) is 11.5 Å². The molecule has 0 radical (unpaired) electrons. The van der Waals surface area contributed by atoms with E-state index in [2.05, 4.69) is 15.5 Å². The molecule has 1 fully saturated rings. The van der Waals surface area contributed by atoms with E-state index in [1.807, 2.05) is 84.9 Å². The molecule has 0 saturated carbocycles. The number of nitrogens with one attached hydrogen (secondary N) is 2. The zero-order valence-electron chi connectivity index (χ0n) is 26.5. The normalized spacial score (nSPS) is 17.6. The van der Waals surface area contributed by atoms with Crippen LogP contribution in [0.4, 0.5) is 13.2 Å². The third-order valence-electron chi connectivity index (χ3n) is 8.76. The number of carbonyl (C=O) groups is 2. The molecule has 48 heavy (non-hydrogen) atoms. The smallest absolute Gasteiger partial charge is 0.405 e. The van der Waals surface area contributed by atoms with Crippen LogP contribution in [0.2, 0.25) is 0 Å². The fraction of sp³-hybridized carbons (Fsp3) is 0.316. The number of hydrogen-bond donors (Lipinski definition) is 2. The number of unbranched alkanes of at least 4 members (excludes halogenated alkanes) is 1. The van der Waals surface area contributed by atoms with Gasteiger partial charge in [-0.3, -0.25) is 14.5 Å². The van der Waals surface area contributed by atoms with Crippen LogP contribution in [0.3, 0.4) is 0 Å². The molecule has 1 saturated heterocycles. The molecule has 2 heterocycles. The maximum absolute atomic E-state index is 13.5. The topological polar surface area (TPSA) is 70.7 Å². The molecule has 0 aromatic heterocycles. The Morgan fingerprint density at radius 3 is 2.44 bits per heavy atom. The van der Waals surface area contributed by atoms with E-state index < -0.39 is 24.5 Å². The van der Waals surface area contributed by atoms with Crippen LogP contribution in [0.1, 0.15) is 65.1 Å². The highest BCUT2D eigenvalue weighted by Gasteiger charge is 2.35. The summed E-state index contributed by atoms with van der Waals surface area (Å²) in [6.45, 7) is 0.356. The molecule has 0 bridgehead atoms. The molecule has 10 heteroatoms. The van der Waals surface area contributed by atoms with Gasteiger partial charge < -0.3 is 15.4 Å². The van der Waals surface area contributed by atoms with Crippen molar-refractivity contribution in [2.45, 2.75) is 66.6 Å². The number of ether oxygens (including phenoxy) is 1. The minimum Gasteiger partial charge on any atom is -0.457 e. The summed E-state index contributed by atoms with van der Waals surface area (Å²) in [5.41, 5.74) is 3.04. The predicted molar refractivity (Wildman–Crippen MR) is 180 cm³/mol. The Labute approximate surface area is 283 Å². The molecule has 0 spiro atoms. The number of aryl methyl sites for hydroxylation is 1. The summed E-state index contributed by atoms with van der Waals surface area (Å²) < 4.78 is 44.9. The van der Waals surface area contributed by atoms with Gasteiger partial charge in [-0.2, -0.15) is 13.2 Å². The molecule has 2 aliphatic rings. The van der Waals surface area contributed by atoms with Crippen molar-refractivity contribution in [1.82, 2.24) is 15.5 Å². The van der Waals surface area contributed by atoms with E-state index in [4.69, 9.17) is 4.74 Å². The Hall–Kier alpha value is -4.28. The first-order valence-corrected chi connectivity index (χ1v) is 17.2. The van der Waals surface area contributed by atoms with E-state index in [9.17, 15) is 22.8 Å². The molecule has 2 atom stereocenters. The molecular formula is C38H38F3N3O3S. The minimum atomic E-state index is -4.49. The zero-order valence-corrected chi connectivity index (χ0v) is 27.3. The van der Waals surface area contributed by atoms with Crippen LogP contribution in [-0.4, -0.2) is 48.7 Å². The van der Waals surface area contributed by atoms with E-state index in [1.165, 1.54) is 0 Å². The number of carbonyl (C=O) groups excluding carboxylic acids is 2. The highest BCUT2D eigenvalue weighted by molar-refractivity contribution is 7.99. The summed E-state index contributed by atoms with van der Waals surface area (Å²) in [6.07, 6.45) is 0.965. The Bertz CT molecular complexity index is 1730. The van der Waals surface area contributed by atoms with E-state index in [0.717, 1.165) is 78.1 Å². The Morgan fingerprint density at radius 1 is 0.854 bits per heavy atom. The van der Waals surface area contributed by atoms with Gasteiger partial charge in [0, 0.05) is 22.9 Å². The Morgan fingerprint density at radius 2 is 1.60 bits per heavy atom. The van der Waals surface area contributed by atoms with Crippen LogP contribution in [0, 0.1) is 0 Å². The van der Waals surface area contributed by atoms with Gasteiger partial charge in [-0.05, 0) is 85.5 Å². The lowest BCUT2D eigenvalue weighted by Crippen LogP contribution is -2.51. The maximum Gasteiger partial charge on any atom is 0.405 e. The van der Waals surface area contributed by atoms with Gasteiger partial charge in [0.15, 0.2) is 0 Å². The number of benzene rings is 4. The van der Waals surface area contributed by atoms with E-state index in [1.54, 1.807) is 23.9 Å². The summed E-state index contributed by atoms with van der Waals surface area (Å²) in [7, 11) is 0. The van der Waals surface area contributed by atoms with Gasteiger partial charge in [-0.1, -0.05) is 78.5 Å². The van der Waals surface area contributed by atoms with Gasteiger partial charge >= 0.3 is 6.18 Å². The molecule has 4 aromatic rings. The van der Waals surface area contributed by atoms with Crippen molar-refractivity contribution < 1.29 is 27.5 Å². The lowest BCUT2D eigenvalue weighted by molar-refractivity contribution is -0.138. The van der Waals surface area contributed by atoms with Gasteiger partial charge in [0.2, 0.25) is 5.91 Å². The zero-order chi connectivity index (χ0) is 33.5. The van der Waals surface area contributed by atoms with Crippen molar-refractivity contribution in [2.75, 3.05) is 19.6 Å². The quantitative estimate of drug-likeness (QED) is 0.157. The standard InChI is InChI=1S/C38H38F3N3O3S/c39-38(40,41)25-42-37(46)34-29-18-5-7-21-32(29)48-35-26(14-12-19-30(34)35)13-8-10-23-44-24-11-9-22-33(44)43-36(45)28-17-4-6-20-31(28)47-27-15-2-1-3-16-27/h1-7,12,14-21,33-34H,8-11,13,22-25H2,(H,42,46)(H,43,45). The summed E-state index contributed by atoms with van der Waals surface area (Å²) >= 11 is 1.58. The van der Waals surface area contributed by atoms with Gasteiger partial charge in [0.05, 0.1) is 17.6 Å². The molecule has 6 nitrogen and oxygen atoms in total.